The third-order valence-electron chi connectivity index (χ3n) is 2.92. The topological polar surface area (TPSA) is 12.0 Å². The molecule has 2 rings (SSSR count). The Morgan fingerprint density at radius 2 is 1.89 bits per heavy atom. The average molecular weight is 359 g/mol. The van der Waals surface area contributed by atoms with E-state index in [1.165, 1.54) is 0 Å². The minimum Gasteiger partial charge on any atom is -0.378 e. The minimum absolute atomic E-state index is 0.212. The fourth-order valence-electron chi connectivity index (χ4n) is 1.93. The number of anilines is 1. The molecular formula is C15H14BrCl2N. The summed E-state index contributed by atoms with van der Waals surface area (Å²) in [6.07, 6.45) is 0.963. The smallest absolute Gasteiger partial charge is 0.0595 e. The molecule has 100 valence electrons. The van der Waals surface area contributed by atoms with Gasteiger partial charge in [-0.1, -0.05) is 58.2 Å². The Labute approximate surface area is 132 Å². The van der Waals surface area contributed by atoms with Gasteiger partial charge in [-0.15, -0.1) is 0 Å². The molecule has 1 unspecified atom stereocenters. The van der Waals surface area contributed by atoms with Crippen LogP contribution < -0.4 is 5.32 Å². The first kappa shape index (κ1) is 14.7. The second kappa shape index (κ2) is 6.65. The van der Waals surface area contributed by atoms with E-state index in [-0.39, 0.29) is 6.04 Å². The second-order valence-electron chi connectivity index (χ2n) is 4.29. The molecule has 1 nitrogen and oxygen atoms in total. The molecule has 0 saturated carbocycles. The van der Waals surface area contributed by atoms with E-state index in [4.69, 9.17) is 23.2 Å². The second-order valence-corrected chi connectivity index (χ2v) is 6.02. The van der Waals surface area contributed by atoms with Gasteiger partial charge in [0.2, 0.25) is 0 Å². The van der Waals surface area contributed by atoms with E-state index in [9.17, 15) is 0 Å². The predicted molar refractivity (Wildman–Crippen MR) is 87.3 cm³/mol. The maximum absolute atomic E-state index is 6.08. The molecule has 0 saturated heterocycles. The fourth-order valence-corrected chi connectivity index (χ4v) is 2.64. The fraction of sp³-hybridized carbons (Fsp3) is 0.200. The van der Waals surface area contributed by atoms with Crippen LogP contribution in [0.15, 0.2) is 46.9 Å². The first-order chi connectivity index (χ1) is 9.10. The molecule has 0 aliphatic carbocycles. The van der Waals surface area contributed by atoms with Crippen molar-refractivity contribution in [2.75, 3.05) is 5.32 Å². The van der Waals surface area contributed by atoms with E-state index in [1.54, 1.807) is 0 Å². The molecular weight excluding hydrogens is 345 g/mol. The highest BCUT2D eigenvalue weighted by molar-refractivity contribution is 9.10. The maximum Gasteiger partial charge on any atom is 0.0595 e. The van der Waals surface area contributed by atoms with Gasteiger partial charge in [-0.05, 0) is 42.3 Å². The lowest BCUT2D eigenvalue weighted by Gasteiger charge is -2.19. The molecule has 4 heteroatoms. The van der Waals surface area contributed by atoms with Gasteiger partial charge in [0.05, 0.1) is 16.1 Å². The van der Waals surface area contributed by atoms with Crippen molar-refractivity contribution in [3.8, 4) is 0 Å². The van der Waals surface area contributed by atoms with Crippen molar-refractivity contribution in [2.45, 2.75) is 19.4 Å². The molecule has 1 atom stereocenters. The van der Waals surface area contributed by atoms with Gasteiger partial charge in [0, 0.05) is 10.2 Å². The lowest BCUT2D eigenvalue weighted by atomic mass is 10.0. The highest BCUT2D eigenvalue weighted by Crippen LogP contribution is 2.29. The van der Waals surface area contributed by atoms with Gasteiger partial charge in [-0.25, -0.2) is 0 Å². The van der Waals surface area contributed by atoms with Crippen LogP contribution in [0.2, 0.25) is 10.0 Å². The molecule has 0 aromatic heterocycles. The number of hydrogen-bond acceptors (Lipinski definition) is 1. The zero-order chi connectivity index (χ0) is 13.8. The molecule has 2 aromatic rings. The molecule has 2 aromatic carbocycles. The third kappa shape index (κ3) is 3.88. The summed E-state index contributed by atoms with van der Waals surface area (Å²) in [5.74, 6) is 0. The van der Waals surface area contributed by atoms with Gasteiger partial charge in [-0.3, -0.25) is 0 Å². The van der Waals surface area contributed by atoms with Crippen LogP contribution in [0.5, 0.6) is 0 Å². The van der Waals surface area contributed by atoms with Gasteiger partial charge >= 0.3 is 0 Å². The molecule has 1 N–H and O–H groups in total. The Hall–Kier alpha value is -0.700. The summed E-state index contributed by atoms with van der Waals surface area (Å²) in [7, 11) is 0. The Morgan fingerprint density at radius 3 is 2.53 bits per heavy atom. The zero-order valence-corrected chi connectivity index (χ0v) is 13.6. The largest absolute Gasteiger partial charge is 0.378 e. The number of nitrogens with one attached hydrogen (secondary N) is 1. The van der Waals surface area contributed by atoms with Gasteiger partial charge in [-0.2, -0.15) is 0 Å². The summed E-state index contributed by atoms with van der Waals surface area (Å²) in [4.78, 5) is 0. The van der Waals surface area contributed by atoms with Crippen LogP contribution in [0.1, 0.15) is 24.9 Å². The van der Waals surface area contributed by atoms with Gasteiger partial charge in [0.15, 0.2) is 0 Å². The third-order valence-corrected chi connectivity index (χ3v) is 4.15. The first-order valence-corrected chi connectivity index (χ1v) is 7.62. The van der Waals surface area contributed by atoms with Crippen LogP contribution in [0.3, 0.4) is 0 Å². The van der Waals surface area contributed by atoms with E-state index in [0.29, 0.717) is 10.0 Å². The lowest BCUT2D eigenvalue weighted by Crippen LogP contribution is -2.09. The monoisotopic (exact) mass is 357 g/mol. The van der Waals surface area contributed by atoms with E-state index in [2.05, 4.69) is 34.2 Å². The zero-order valence-electron chi connectivity index (χ0n) is 10.5. The Bertz CT molecular complexity index is 572. The summed E-state index contributed by atoms with van der Waals surface area (Å²) in [5, 5.41) is 4.68. The molecule has 0 aliphatic heterocycles. The standard InChI is InChI=1S/C15H14BrCl2N/c1-2-15(10-6-7-13(17)14(18)8-10)19-12-5-3-4-11(16)9-12/h3-9,15,19H,2H2,1H3. The number of rotatable bonds is 4. The Balaban J connectivity index is 2.22. The maximum atomic E-state index is 6.08. The summed E-state index contributed by atoms with van der Waals surface area (Å²) >= 11 is 15.5. The average Bonchev–Trinajstić information content (AvgIpc) is 2.39. The quantitative estimate of drug-likeness (QED) is 0.674. The van der Waals surface area contributed by atoms with Crippen LogP contribution in [-0.2, 0) is 0 Å². The molecule has 0 radical (unpaired) electrons. The number of benzene rings is 2. The predicted octanol–water partition coefficient (Wildman–Crippen LogP) is 6.32. The SMILES string of the molecule is CCC(Nc1cccc(Br)c1)c1ccc(Cl)c(Cl)c1. The van der Waals surface area contributed by atoms with Crippen molar-refractivity contribution in [2.24, 2.45) is 0 Å². The van der Waals surface area contributed by atoms with Crippen LogP contribution >= 0.6 is 39.1 Å². The molecule has 0 bridgehead atoms. The van der Waals surface area contributed by atoms with Crippen molar-refractivity contribution in [1.82, 2.24) is 0 Å². The van der Waals surface area contributed by atoms with Crippen molar-refractivity contribution in [1.29, 1.82) is 0 Å². The first-order valence-electron chi connectivity index (χ1n) is 6.07. The van der Waals surface area contributed by atoms with Crippen LogP contribution in [-0.4, -0.2) is 0 Å². The van der Waals surface area contributed by atoms with E-state index >= 15 is 0 Å². The number of hydrogen-bond donors (Lipinski definition) is 1. The highest BCUT2D eigenvalue weighted by Gasteiger charge is 2.11. The Morgan fingerprint density at radius 1 is 1.11 bits per heavy atom. The van der Waals surface area contributed by atoms with Crippen LogP contribution in [0.25, 0.3) is 0 Å². The molecule has 19 heavy (non-hydrogen) atoms. The van der Waals surface area contributed by atoms with Crippen molar-refractivity contribution in [3.63, 3.8) is 0 Å². The summed E-state index contributed by atoms with van der Waals surface area (Å²) in [6, 6.07) is 14.1. The van der Waals surface area contributed by atoms with E-state index < -0.39 is 0 Å². The molecule has 0 amide bonds. The Kier molecular flexibility index (Phi) is 5.14. The number of halogens is 3. The normalized spacial score (nSPS) is 12.2. The molecule has 0 aliphatic rings. The molecule has 0 spiro atoms. The summed E-state index contributed by atoms with van der Waals surface area (Å²) in [5.41, 5.74) is 2.21. The van der Waals surface area contributed by atoms with Crippen LogP contribution in [0, 0.1) is 0 Å². The van der Waals surface area contributed by atoms with Crippen LogP contribution in [0.4, 0.5) is 5.69 Å². The van der Waals surface area contributed by atoms with Gasteiger partial charge < -0.3 is 5.32 Å². The van der Waals surface area contributed by atoms with E-state index in [1.807, 2.05) is 36.4 Å². The van der Waals surface area contributed by atoms with Crippen molar-refractivity contribution >= 4 is 44.8 Å². The minimum atomic E-state index is 0.212. The highest BCUT2D eigenvalue weighted by atomic mass is 79.9. The molecule has 0 heterocycles. The van der Waals surface area contributed by atoms with Crippen molar-refractivity contribution < 1.29 is 0 Å². The lowest BCUT2D eigenvalue weighted by molar-refractivity contribution is 0.749. The summed E-state index contributed by atoms with van der Waals surface area (Å²) in [6.45, 7) is 2.14. The van der Waals surface area contributed by atoms with E-state index in [0.717, 1.165) is 22.1 Å². The van der Waals surface area contributed by atoms with Crippen molar-refractivity contribution in [3.05, 3.63) is 62.5 Å². The van der Waals surface area contributed by atoms with Gasteiger partial charge in [0.1, 0.15) is 0 Å². The molecule has 0 fully saturated rings. The van der Waals surface area contributed by atoms with Gasteiger partial charge in [0.25, 0.3) is 0 Å². The summed E-state index contributed by atoms with van der Waals surface area (Å²) < 4.78 is 1.06.